The number of methoxy groups -OCH3 is 1. The summed E-state index contributed by atoms with van der Waals surface area (Å²) in [6, 6.07) is 7.92. The molecule has 2 heteroatoms. The minimum atomic E-state index is 0.0706. The molecule has 1 fully saturated rings. The molecule has 1 aliphatic carbocycles. The van der Waals surface area contributed by atoms with E-state index in [4.69, 9.17) is 4.74 Å². The van der Waals surface area contributed by atoms with Gasteiger partial charge in [-0.25, -0.2) is 0 Å². The van der Waals surface area contributed by atoms with Gasteiger partial charge in [-0.1, -0.05) is 31.4 Å². The van der Waals surface area contributed by atoms with Gasteiger partial charge >= 0.3 is 0 Å². The lowest BCUT2D eigenvalue weighted by atomic mass is 9.77. The van der Waals surface area contributed by atoms with Crippen LogP contribution in [0.4, 0.5) is 0 Å². The topological polar surface area (TPSA) is 26.3 Å². The summed E-state index contributed by atoms with van der Waals surface area (Å²) in [4.78, 5) is 11.3. The highest BCUT2D eigenvalue weighted by atomic mass is 16.5. The molecule has 0 aliphatic heterocycles. The van der Waals surface area contributed by atoms with Gasteiger partial charge in [0.05, 0.1) is 7.11 Å². The summed E-state index contributed by atoms with van der Waals surface area (Å²) in [5.41, 5.74) is 1.13. The Hall–Kier alpha value is -1.31. The first kappa shape index (κ1) is 12.2. The number of ether oxygens (including phenoxy) is 1. The molecule has 0 bridgehead atoms. The zero-order valence-corrected chi connectivity index (χ0v) is 10.4. The molecule has 92 valence electrons. The molecule has 0 radical (unpaired) electrons. The fourth-order valence-corrected chi connectivity index (χ4v) is 2.78. The lowest BCUT2D eigenvalue weighted by Gasteiger charge is -2.27. The first-order valence-corrected chi connectivity index (χ1v) is 6.44. The predicted octanol–water partition coefficient (Wildman–Crippen LogP) is 3.56. The van der Waals surface area contributed by atoms with Crippen LogP contribution in [-0.4, -0.2) is 13.4 Å². The number of hydrogen-bond donors (Lipinski definition) is 0. The SMILES string of the molecule is COc1ccc([C@@H](C=O)C2CCCCC2)cc1. The van der Waals surface area contributed by atoms with Crippen molar-refractivity contribution in [2.75, 3.05) is 7.11 Å². The summed E-state index contributed by atoms with van der Waals surface area (Å²) >= 11 is 0. The van der Waals surface area contributed by atoms with Gasteiger partial charge in [0, 0.05) is 5.92 Å². The van der Waals surface area contributed by atoms with E-state index in [2.05, 4.69) is 0 Å². The van der Waals surface area contributed by atoms with E-state index < -0.39 is 0 Å². The van der Waals surface area contributed by atoms with Crippen molar-refractivity contribution >= 4 is 6.29 Å². The van der Waals surface area contributed by atoms with Crippen molar-refractivity contribution in [3.8, 4) is 5.75 Å². The van der Waals surface area contributed by atoms with Gasteiger partial charge in [-0.2, -0.15) is 0 Å². The molecule has 0 amide bonds. The van der Waals surface area contributed by atoms with Crippen LogP contribution in [0.1, 0.15) is 43.6 Å². The molecule has 1 aliphatic rings. The van der Waals surface area contributed by atoms with E-state index in [1.165, 1.54) is 32.1 Å². The summed E-state index contributed by atoms with van der Waals surface area (Å²) < 4.78 is 5.14. The van der Waals surface area contributed by atoms with E-state index in [-0.39, 0.29) is 5.92 Å². The molecular weight excluding hydrogens is 212 g/mol. The molecule has 0 aromatic heterocycles. The Balaban J connectivity index is 2.12. The lowest BCUT2D eigenvalue weighted by Crippen LogP contribution is -2.17. The molecule has 1 aromatic carbocycles. The van der Waals surface area contributed by atoms with Gasteiger partial charge in [-0.05, 0) is 36.5 Å². The van der Waals surface area contributed by atoms with Crippen molar-refractivity contribution < 1.29 is 9.53 Å². The Morgan fingerprint density at radius 3 is 2.35 bits per heavy atom. The summed E-state index contributed by atoms with van der Waals surface area (Å²) in [7, 11) is 1.66. The van der Waals surface area contributed by atoms with Gasteiger partial charge in [0.2, 0.25) is 0 Å². The molecule has 0 N–H and O–H groups in total. The van der Waals surface area contributed by atoms with Crippen LogP contribution in [-0.2, 0) is 4.79 Å². The van der Waals surface area contributed by atoms with Crippen molar-refractivity contribution in [1.29, 1.82) is 0 Å². The second-order valence-electron chi connectivity index (χ2n) is 4.83. The average molecular weight is 232 g/mol. The number of aldehydes is 1. The van der Waals surface area contributed by atoms with Crippen LogP contribution in [0.5, 0.6) is 5.75 Å². The molecule has 1 saturated carbocycles. The first-order chi connectivity index (χ1) is 8.35. The molecule has 1 aromatic rings. The summed E-state index contributed by atoms with van der Waals surface area (Å²) in [5.74, 6) is 1.46. The Kier molecular flexibility index (Phi) is 4.18. The molecule has 17 heavy (non-hydrogen) atoms. The molecule has 0 unspecified atom stereocenters. The molecule has 2 rings (SSSR count). The minimum absolute atomic E-state index is 0.0706. The Morgan fingerprint density at radius 2 is 1.82 bits per heavy atom. The van der Waals surface area contributed by atoms with Crippen molar-refractivity contribution in [2.24, 2.45) is 5.92 Å². The third-order valence-electron chi connectivity index (χ3n) is 3.81. The van der Waals surface area contributed by atoms with Crippen LogP contribution in [0.3, 0.4) is 0 Å². The summed E-state index contributed by atoms with van der Waals surface area (Å²) in [6.07, 6.45) is 7.36. The summed E-state index contributed by atoms with van der Waals surface area (Å²) in [6.45, 7) is 0. The number of hydrogen-bond acceptors (Lipinski definition) is 2. The number of benzene rings is 1. The monoisotopic (exact) mass is 232 g/mol. The Labute approximate surface area is 103 Å². The van der Waals surface area contributed by atoms with Gasteiger partial charge in [-0.3, -0.25) is 0 Å². The van der Waals surface area contributed by atoms with Crippen LogP contribution in [0.2, 0.25) is 0 Å². The van der Waals surface area contributed by atoms with Crippen LogP contribution in [0.25, 0.3) is 0 Å². The minimum Gasteiger partial charge on any atom is -0.497 e. The quantitative estimate of drug-likeness (QED) is 0.742. The highest BCUT2D eigenvalue weighted by molar-refractivity contribution is 5.63. The summed E-state index contributed by atoms with van der Waals surface area (Å²) in [5, 5.41) is 0. The normalized spacial score (nSPS) is 18.6. The van der Waals surface area contributed by atoms with E-state index in [0.717, 1.165) is 17.6 Å². The van der Waals surface area contributed by atoms with Gasteiger partial charge in [0.25, 0.3) is 0 Å². The van der Waals surface area contributed by atoms with E-state index in [1.807, 2.05) is 24.3 Å². The molecule has 0 spiro atoms. The van der Waals surface area contributed by atoms with E-state index >= 15 is 0 Å². The first-order valence-electron chi connectivity index (χ1n) is 6.44. The van der Waals surface area contributed by atoms with Crippen molar-refractivity contribution in [3.63, 3.8) is 0 Å². The zero-order chi connectivity index (χ0) is 12.1. The highest BCUT2D eigenvalue weighted by Crippen LogP contribution is 2.35. The Bertz CT molecular complexity index is 350. The largest absolute Gasteiger partial charge is 0.497 e. The predicted molar refractivity (Wildman–Crippen MR) is 68.4 cm³/mol. The van der Waals surface area contributed by atoms with E-state index in [9.17, 15) is 4.79 Å². The van der Waals surface area contributed by atoms with Crippen LogP contribution in [0.15, 0.2) is 24.3 Å². The fourth-order valence-electron chi connectivity index (χ4n) is 2.78. The second-order valence-corrected chi connectivity index (χ2v) is 4.83. The van der Waals surface area contributed by atoms with Gasteiger partial charge < -0.3 is 9.53 Å². The molecular formula is C15H20O2. The Morgan fingerprint density at radius 1 is 1.18 bits per heavy atom. The lowest BCUT2D eigenvalue weighted by molar-refractivity contribution is -0.110. The van der Waals surface area contributed by atoms with E-state index in [0.29, 0.717) is 5.92 Å². The van der Waals surface area contributed by atoms with Crippen LogP contribution < -0.4 is 4.74 Å². The van der Waals surface area contributed by atoms with Crippen molar-refractivity contribution in [2.45, 2.75) is 38.0 Å². The number of carbonyl (C=O) groups is 1. The number of rotatable bonds is 4. The molecule has 0 saturated heterocycles. The molecule has 0 heterocycles. The smallest absolute Gasteiger partial charge is 0.127 e. The fraction of sp³-hybridized carbons (Fsp3) is 0.533. The maximum atomic E-state index is 11.3. The maximum absolute atomic E-state index is 11.3. The highest BCUT2D eigenvalue weighted by Gasteiger charge is 2.24. The second kappa shape index (κ2) is 5.85. The third-order valence-corrected chi connectivity index (χ3v) is 3.81. The zero-order valence-electron chi connectivity index (χ0n) is 10.4. The maximum Gasteiger partial charge on any atom is 0.127 e. The van der Waals surface area contributed by atoms with Crippen LogP contribution >= 0.6 is 0 Å². The van der Waals surface area contributed by atoms with Crippen LogP contribution in [0, 0.1) is 5.92 Å². The molecule has 2 nitrogen and oxygen atoms in total. The average Bonchev–Trinajstić information content (AvgIpc) is 2.42. The van der Waals surface area contributed by atoms with Crippen molar-refractivity contribution in [3.05, 3.63) is 29.8 Å². The van der Waals surface area contributed by atoms with Gasteiger partial charge in [-0.15, -0.1) is 0 Å². The van der Waals surface area contributed by atoms with Crippen molar-refractivity contribution in [1.82, 2.24) is 0 Å². The van der Waals surface area contributed by atoms with Gasteiger partial charge in [0.15, 0.2) is 0 Å². The molecule has 1 atom stereocenters. The third kappa shape index (κ3) is 2.87. The van der Waals surface area contributed by atoms with E-state index in [1.54, 1.807) is 7.11 Å². The van der Waals surface area contributed by atoms with Gasteiger partial charge in [0.1, 0.15) is 12.0 Å². The number of carbonyl (C=O) groups excluding carboxylic acids is 1. The standard InChI is InChI=1S/C15H20O2/c1-17-14-9-7-13(8-10-14)15(11-16)12-5-3-2-4-6-12/h7-12,15H,2-6H2,1H3/t15-/m0/s1.